The van der Waals surface area contributed by atoms with Crippen molar-refractivity contribution in [2.24, 2.45) is 0 Å². The van der Waals surface area contributed by atoms with Gasteiger partial charge in [-0.05, 0) is 42.0 Å². The highest BCUT2D eigenvalue weighted by Crippen LogP contribution is 2.28. The van der Waals surface area contributed by atoms with Crippen LogP contribution in [-0.4, -0.2) is 56.7 Å². The van der Waals surface area contributed by atoms with Gasteiger partial charge in [0.2, 0.25) is 0 Å². The molecule has 5 rings (SSSR count). The van der Waals surface area contributed by atoms with Gasteiger partial charge in [-0.25, -0.2) is 4.39 Å². The van der Waals surface area contributed by atoms with Gasteiger partial charge in [0.15, 0.2) is 11.0 Å². The number of allylic oxidation sites excluding steroid dienone is 1. The third kappa shape index (κ3) is 5.89. The van der Waals surface area contributed by atoms with Crippen LogP contribution in [0.1, 0.15) is 15.9 Å². The second-order valence-electron chi connectivity index (χ2n) is 9.23. The fraction of sp³-hybridized carbons (Fsp3) is 0.207. The molecule has 11 heteroatoms. The molecule has 1 saturated heterocycles. The number of halogens is 1. The van der Waals surface area contributed by atoms with Crippen LogP contribution in [0, 0.1) is 15.9 Å². The molecule has 0 bridgehead atoms. The number of carbonyl (C=O) groups excluding carboxylic acids is 1. The van der Waals surface area contributed by atoms with E-state index < -0.39 is 4.92 Å². The first-order valence-electron chi connectivity index (χ1n) is 12.7. The zero-order valence-electron chi connectivity index (χ0n) is 21.6. The van der Waals surface area contributed by atoms with Crippen molar-refractivity contribution in [3.05, 3.63) is 113 Å². The lowest BCUT2D eigenvalue weighted by Crippen LogP contribution is -2.49. The van der Waals surface area contributed by atoms with Crippen molar-refractivity contribution in [2.75, 3.05) is 31.1 Å². The summed E-state index contributed by atoms with van der Waals surface area (Å²) in [5.74, 6) is 0.936. The first-order chi connectivity index (χ1) is 19.4. The maximum absolute atomic E-state index is 14.1. The van der Waals surface area contributed by atoms with E-state index in [2.05, 4.69) is 16.8 Å². The Bertz CT molecular complexity index is 1520. The Morgan fingerprint density at radius 2 is 1.70 bits per heavy atom. The highest BCUT2D eigenvalue weighted by atomic mass is 32.2. The Hall–Kier alpha value is -4.51. The molecule has 1 aromatic heterocycles. The molecule has 0 spiro atoms. The first-order valence-corrected chi connectivity index (χ1v) is 13.7. The third-order valence-corrected chi connectivity index (χ3v) is 7.73. The van der Waals surface area contributed by atoms with Gasteiger partial charge in [0.25, 0.3) is 11.6 Å². The number of carbonyl (C=O) groups is 1. The van der Waals surface area contributed by atoms with Crippen LogP contribution in [0.4, 0.5) is 15.8 Å². The first kappa shape index (κ1) is 27.1. The van der Waals surface area contributed by atoms with Crippen molar-refractivity contribution < 1.29 is 14.1 Å². The number of aromatic nitrogens is 3. The van der Waals surface area contributed by atoms with Crippen LogP contribution in [0.15, 0.2) is 90.6 Å². The molecule has 0 N–H and O–H groups in total. The number of hydrogen-bond donors (Lipinski definition) is 0. The van der Waals surface area contributed by atoms with Crippen LogP contribution in [0.3, 0.4) is 0 Å². The number of para-hydroxylation sites is 1. The van der Waals surface area contributed by atoms with Crippen LogP contribution in [0.2, 0.25) is 0 Å². The van der Waals surface area contributed by atoms with Gasteiger partial charge >= 0.3 is 0 Å². The van der Waals surface area contributed by atoms with Gasteiger partial charge in [-0.2, -0.15) is 0 Å². The van der Waals surface area contributed by atoms with E-state index in [0.717, 1.165) is 11.1 Å². The molecule has 204 valence electrons. The van der Waals surface area contributed by atoms with E-state index in [9.17, 15) is 19.3 Å². The molecule has 1 aliphatic rings. The quantitative estimate of drug-likeness (QED) is 0.117. The number of nitro benzene ring substituents is 1. The molecule has 4 aromatic rings. The molecule has 2 heterocycles. The van der Waals surface area contributed by atoms with Crippen molar-refractivity contribution in [3.63, 3.8) is 0 Å². The number of non-ortho nitro benzene ring substituents is 1. The summed E-state index contributed by atoms with van der Waals surface area (Å²) in [5, 5.41) is 20.3. The van der Waals surface area contributed by atoms with Gasteiger partial charge in [-0.1, -0.05) is 42.1 Å². The maximum Gasteiger partial charge on any atom is 0.269 e. The summed E-state index contributed by atoms with van der Waals surface area (Å²) >= 11 is 1.51. The summed E-state index contributed by atoms with van der Waals surface area (Å²) in [6, 6.07) is 20.4. The predicted molar refractivity (Wildman–Crippen MR) is 153 cm³/mol. The topological polar surface area (TPSA) is 97.4 Å². The van der Waals surface area contributed by atoms with Crippen LogP contribution >= 0.6 is 11.8 Å². The molecule has 0 radical (unpaired) electrons. The molecule has 0 unspecified atom stereocenters. The zero-order valence-corrected chi connectivity index (χ0v) is 22.5. The van der Waals surface area contributed by atoms with E-state index in [1.165, 1.54) is 30.0 Å². The largest absolute Gasteiger partial charge is 0.366 e. The van der Waals surface area contributed by atoms with Crippen LogP contribution in [0.25, 0.3) is 11.4 Å². The number of piperazine rings is 1. The summed E-state index contributed by atoms with van der Waals surface area (Å²) in [6.45, 7) is 6.52. The van der Waals surface area contributed by atoms with Gasteiger partial charge in [0, 0.05) is 61.7 Å². The van der Waals surface area contributed by atoms with Gasteiger partial charge in [-0.3, -0.25) is 19.5 Å². The summed E-state index contributed by atoms with van der Waals surface area (Å²) in [6.07, 6.45) is 1.75. The van der Waals surface area contributed by atoms with Crippen molar-refractivity contribution in [3.8, 4) is 11.4 Å². The van der Waals surface area contributed by atoms with Crippen molar-refractivity contribution >= 4 is 29.0 Å². The van der Waals surface area contributed by atoms with Crippen LogP contribution in [-0.2, 0) is 12.3 Å². The highest BCUT2D eigenvalue weighted by Gasteiger charge is 2.23. The Morgan fingerprint density at radius 1 is 1.00 bits per heavy atom. The molecule has 1 amide bonds. The molecule has 0 atom stereocenters. The fourth-order valence-corrected chi connectivity index (χ4v) is 5.47. The minimum atomic E-state index is -0.438. The average molecular weight is 559 g/mol. The summed E-state index contributed by atoms with van der Waals surface area (Å²) in [7, 11) is 0. The number of thioether (sulfide) groups is 1. The molecule has 0 aliphatic carbocycles. The van der Waals surface area contributed by atoms with Crippen molar-refractivity contribution in [1.82, 2.24) is 19.7 Å². The fourth-order valence-electron chi connectivity index (χ4n) is 4.57. The molecular formula is C29H27FN6O3S. The van der Waals surface area contributed by atoms with Crippen molar-refractivity contribution in [1.29, 1.82) is 0 Å². The Morgan fingerprint density at radius 3 is 2.35 bits per heavy atom. The average Bonchev–Trinajstić information content (AvgIpc) is 3.39. The van der Waals surface area contributed by atoms with Gasteiger partial charge in [-0.15, -0.1) is 16.8 Å². The Labute approximate surface area is 235 Å². The lowest BCUT2D eigenvalue weighted by atomic mass is 10.1. The lowest BCUT2D eigenvalue weighted by molar-refractivity contribution is -0.384. The maximum atomic E-state index is 14.1. The van der Waals surface area contributed by atoms with E-state index >= 15 is 0 Å². The second-order valence-corrected chi connectivity index (χ2v) is 10.2. The number of amides is 1. The number of nitro groups is 1. The van der Waals surface area contributed by atoms with Crippen LogP contribution in [0.5, 0.6) is 0 Å². The molecule has 9 nitrogen and oxygen atoms in total. The van der Waals surface area contributed by atoms with Crippen molar-refractivity contribution in [2.45, 2.75) is 17.5 Å². The standard InChI is InChI=1S/C29H27FN6O3S/c1-2-15-35-27(22-11-13-24(14-12-22)36(38)39)31-32-29(35)40-20-21-7-9-23(10-8-21)28(37)34-18-16-33(17-19-34)26-6-4-3-5-25(26)30/h2-14H,1,15-20H2. The molecule has 0 saturated carbocycles. The molecule has 1 aliphatic heterocycles. The number of nitrogens with zero attached hydrogens (tertiary/aromatic N) is 6. The summed E-state index contributed by atoms with van der Waals surface area (Å²) < 4.78 is 16.0. The number of anilines is 1. The van der Waals surface area contributed by atoms with E-state index in [1.54, 1.807) is 35.2 Å². The number of rotatable bonds is 9. The van der Waals surface area contributed by atoms with Gasteiger partial charge < -0.3 is 9.80 Å². The third-order valence-electron chi connectivity index (χ3n) is 6.69. The summed E-state index contributed by atoms with van der Waals surface area (Å²) in [5.41, 5.74) is 2.95. The molecular weight excluding hydrogens is 531 g/mol. The molecule has 1 fully saturated rings. The van der Waals surface area contributed by atoms with E-state index in [-0.39, 0.29) is 17.4 Å². The minimum Gasteiger partial charge on any atom is -0.366 e. The second kappa shape index (κ2) is 12.1. The normalized spacial score (nSPS) is 13.3. The van der Waals surface area contributed by atoms with Crippen LogP contribution < -0.4 is 4.90 Å². The smallest absolute Gasteiger partial charge is 0.269 e. The van der Waals surface area contributed by atoms with E-state index in [0.29, 0.717) is 60.7 Å². The molecule has 3 aromatic carbocycles. The number of benzene rings is 3. The van der Waals surface area contributed by atoms with Gasteiger partial charge in [0.1, 0.15) is 5.82 Å². The lowest BCUT2D eigenvalue weighted by Gasteiger charge is -2.36. The van der Waals surface area contributed by atoms with Gasteiger partial charge in [0.05, 0.1) is 10.6 Å². The summed E-state index contributed by atoms with van der Waals surface area (Å²) in [4.78, 5) is 27.4. The number of hydrogen-bond acceptors (Lipinski definition) is 7. The minimum absolute atomic E-state index is 0.0138. The zero-order chi connectivity index (χ0) is 28.1. The highest BCUT2D eigenvalue weighted by molar-refractivity contribution is 7.98. The monoisotopic (exact) mass is 558 g/mol. The SMILES string of the molecule is C=CCn1c(SCc2ccc(C(=O)N3CCN(c4ccccc4F)CC3)cc2)nnc1-c1ccc([N+](=O)[O-])cc1. The Balaban J connectivity index is 1.20. The van der Waals surface area contributed by atoms with E-state index in [4.69, 9.17) is 0 Å². The Kier molecular flexibility index (Phi) is 8.20. The molecule has 40 heavy (non-hydrogen) atoms. The van der Waals surface area contributed by atoms with E-state index in [1.807, 2.05) is 39.8 Å². The predicted octanol–water partition coefficient (Wildman–Crippen LogP) is 5.43.